The minimum Gasteiger partial charge on any atom is -0.756 e. The number of nitrogens with one attached hydrogen (secondary N) is 3. The highest BCUT2D eigenvalue weighted by atomic mass is 31.2. The molecule has 46 nitrogen and oxygen atoms in total. The first-order valence-electron chi connectivity index (χ1n) is 20.3. The van der Waals surface area contributed by atoms with E-state index in [1.165, 1.54) is 17.1 Å². The molecule has 0 aromatic carbocycles. The third kappa shape index (κ3) is 92.4. The zero-order valence-corrected chi connectivity index (χ0v) is 47.0. The first kappa shape index (κ1) is 98.7. The molecule has 3 aliphatic heterocycles. The van der Waals surface area contributed by atoms with Crippen LogP contribution in [0.3, 0.4) is 0 Å². The van der Waals surface area contributed by atoms with Crippen molar-refractivity contribution in [1.29, 1.82) is 0 Å². The quantitative estimate of drug-likeness (QED) is 0.0930. The summed E-state index contributed by atoms with van der Waals surface area (Å²) in [5.41, 5.74) is 7.10. The predicted octanol–water partition coefficient (Wildman–Crippen LogP) is -23.7. The van der Waals surface area contributed by atoms with Crippen LogP contribution in [-0.2, 0) is 66.7 Å². The van der Waals surface area contributed by atoms with Gasteiger partial charge in [0.15, 0.2) is 0 Å². The molecule has 3 aromatic rings. The summed E-state index contributed by atoms with van der Waals surface area (Å²) in [6, 6.07) is 6.73. The molecule has 0 fully saturated rings. The van der Waals surface area contributed by atoms with Crippen molar-refractivity contribution in [2.24, 2.45) is 0 Å². The molecule has 0 spiro atoms. The van der Waals surface area contributed by atoms with E-state index in [9.17, 15) is 0 Å². The average Bonchev–Trinajstić information content (AvgIpc) is 3.92. The van der Waals surface area contributed by atoms with Crippen LogP contribution < -0.4 is 61.3 Å². The summed E-state index contributed by atoms with van der Waals surface area (Å²) >= 11 is 0. The maximum absolute atomic E-state index is 8.77. The zero-order chi connectivity index (χ0) is 55.0. The van der Waals surface area contributed by atoms with Gasteiger partial charge in [-0.15, -0.1) is 0 Å². The molecule has 6 rings (SSSR count). The zero-order valence-electron chi connectivity index (χ0n) is 41.6. The fraction of sp³-hybridized carbons (Fsp3) is 0.667. The first-order valence-corrected chi connectivity index (χ1v) is 29.5. The number of nitrogens with zero attached hydrogens (tertiary/aromatic N) is 5. The van der Waals surface area contributed by atoms with E-state index in [4.69, 9.17) is 115 Å². The van der Waals surface area contributed by atoms with Crippen LogP contribution in [0.1, 0.15) is 34.2 Å². The number of hydrogen-bond acceptors (Lipinski definition) is 17. The van der Waals surface area contributed by atoms with Crippen LogP contribution in [0, 0.1) is 0 Å². The van der Waals surface area contributed by atoms with Gasteiger partial charge in [0.05, 0.1) is 56.4 Å². The fourth-order valence-corrected chi connectivity index (χ4v) is 5.69. The van der Waals surface area contributed by atoms with Crippen molar-refractivity contribution in [1.82, 2.24) is 40.4 Å². The molecule has 0 radical (unpaired) electrons. The standard InChI is InChI=1S/C27H48N14.6H3O4P.8H2O/c1-7-40-8-2-29-18-24-14-26(38-36-24)20-32-5-11-41(10-4-31-17-23-13-22(16-28-1)34-35-23)12-6-33-21-27-15-25(37-39-27)19-30-3-9-40;6*1-5(2,3)4;;;;;;;;/h13-15,28-33H,1-12,16-21H2,(H,34,35)(H,36,38)(H,37,39);6*(H3,1,2,3,4);8*1H2. The van der Waals surface area contributed by atoms with E-state index in [0.717, 1.165) is 135 Å². The van der Waals surface area contributed by atoms with Gasteiger partial charge in [0.1, 0.15) is 56.4 Å². The molecule has 3 aliphatic rings. The van der Waals surface area contributed by atoms with Crippen LogP contribution in [-0.4, -0.2) is 221 Å². The Balaban J connectivity index is -0.000000130. The lowest BCUT2D eigenvalue weighted by atomic mass is 10.3. The Morgan fingerprint density at radius 1 is 0.329 bits per heavy atom. The van der Waals surface area contributed by atoms with E-state index < -0.39 is 46.9 Å². The second kappa shape index (κ2) is 51.3. The van der Waals surface area contributed by atoms with Crippen LogP contribution in [0.4, 0.5) is 0 Å². The molecule has 0 aliphatic carbocycles. The highest BCUT2D eigenvalue weighted by Crippen LogP contribution is 2.21. The molecule has 43 N–H and O–H groups in total. The Morgan fingerprint density at radius 2 is 0.468 bits per heavy atom. The van der Waals surface area contributed by atoms with Gasteiger partial charge < -0.3 is 164 Å². The molecule has 52 heteroatoms. The lowest BCUT2D eigenvalue weighted by Gasteiger charge is -2.20. The largest absolute Gasteiger partial charge is 0.756 e. The topological polar surface area (TPSA) is 928 Å². The van der Waals surface area contributed by atoms with Gasteiger partial charge in [-0.3, -0.25) is 52.5 Å². The van der Waals surface area contributed by atoms with Crippen LogP contribution in [0.15, 0.2) is 18.2 Å². The van der Waals surface area contributed by atoms with Gasteiger partial charge in [-0.05, 0) is 18.2 Å². The van der Waals surface area contributed by atoms with E-state index in [2.05, 4.69) is 90.5 Å². The Labute approximate surface area is 448 Å². The third-order valence-electron chi connectivity index (χ3n) is 8.10. The number of quaternary nitrogens is 6. The molecule has 482 valence electrons. The van der Waals surface area contributed by atoms with Gasteiger partial charge >= 0.3 is 0 Å². The third-order valence-corrected chi connectivity index (χ3v) is 8.10. The first-order chi connectivity index (χ1) is 32.3. The van der Waals surface area contributed by atoms with Crippen molar-refractivity contribution in [3.05, 3.63) is 52.4 Å². The lowest BCUT2D eigenvalue weighted by Crippen LogP contribution is -2.87. The molecule has 0 saturated carbocycles. The van der Waals surface area contributed by atoms with Crippen molar-refractivity contribution in [3.8, 4) is 0 Å². The normalized spacial score (nSPS) is 16.8. The Hall–Kier alpha value is -2.35. The highest BCUT2D eigenvalue weighted by Gasteiger charge is 2.14. The highest BCUT2D eigenvalue weighted by molar-refractivity contribution is 7.44. The van der Waals surface area contributed by atoms with Crippen LogP contribution in [0.5, 0.6) is 0 Å². The monoisotopic (exact) mass is 1300 g/mol. The summed E-state index contributed by atoms with van der Waals surface area (Å²) in [7, 11) is -29.3. The SMILES string of the molecule is O.O.O.O.O.O.O.O.O=P([O-])(O)O.O=P([O-])(O)O.O=P([O-])(O)O.O=P([O-])(O)O.O=P([O-])(O)O.O=P([O-])(O)O.c1c2n[nH]c1C[NH2+]CCN1CC[NH2+]Cc3cc(n[nH]3)C[NH2+]CCN(CC[NH2+]C2)CC[NH2+]Cc2cc([nH]n2)C[NH2+]CC1. The van der Waals surface area contributed by atoms with Gasteiger partial charge in [0.2, 0.25) is 0 Å². The Morgan fingerprint density at radius 3 is 0.620 bits per heavy atom. The van der Waals surface area contributed by atoms with E-state index in [-0.39, 0.29) is 43.8 Å². The second-order valence-electron chi connectivity index (χ2n) is 14.5. The van der Waals surface area contributed by atoms with Gasteiger partial charge in [0.25, 0.3) is 46.9 Å². The summed E-state index contributed by atoms with van der Waals surface area (Å²) in [5.74, 6) is 0. The van der Waals surface area contributed by atoms with Crippen molar-refractivity contribution in [2.75, 3.05) is 78.5 Å². The fourth-order valence-electron chi connectivity index (χ4n) is 5.69. The number of aromatic amines is 3. The molecule has 0 saturated heterocycles. The average molecular weight is 1300 g/mol. The number of rotatable bonds is 0. The van der Waals surface area contributed by atoms with Crippen molar-refractivity contribution < 1.29 is 191 Å². The number of H-pyrrole nitrogens is 3. The number of fused-ring (bicyclic) bond motifs is 18. The van der Waals surface area contributed by atoms with E-state index in [0.29, 0.717) is 0 Å². The number of hydrogen-bond donors (Lipinski definition) is 21. The molecule has 79 heavy (non-hydrogen) atoms. The minimum atomic E-state index is -4.89. The molecular formula is C27H82N14O32P6. The van der Waals surface area contributed by atoms with Crippen LogP contribution in [0.25, 0.3) is 0 Å². The van der Waals surface area contributed by atoms with Gasteiger partial charge in [-0.1, -0.05) is 0 Å². The van der Waals surface area contributed by atoms with Crippen molar-refractivity contribution in [3.63, 3.8) is 0 Å². The van der Waals surface area contributed by atoms with E-state index in [1.54, 1.807) is 0 Å². The summed E-state index contributed by atoms with van der Waals surface area (Å²) in [6.45, 7) is 18.6. The molecule has 6 heterocycles. The molecule has 3 aromatic heterocycles. The van der Waals surface area contributed by atoms with Crippen molar-refractivity contribution >= 4 is 46.9 Å². The molecule has 0 atom stereocenters. The second-order valence-corrected chi connectivity index (χ2v) is 20.4. The van der Waals surface area contributed by atoms with Gasteiger partial charge in [-0.2, -0.15) is 15.3 Å². The molecule has 8 bridgehead atoms. The van der Waals surface area contributed by atoms with Crippen molar-refractivity contribution in [2.45, 2.75) is 39.3 Å². The summed E-state index contributed by atoms with van der Waals surface area (Å²) in [4.78, 5) is 143. The smallest absolute Gasteiger partial charge is 0.262 e. The lowest BCUT2D eigenvalue weighted by molar-refractivity contribution is -0.679. The Kier molecular flexibility index (Phi) is 64.1. The molecule has 0 amide bonds. The predicted molar refractivity (Wildman–Crippen MR) is 253 cm³/mol. The number of aromatic nitrogens is 6. The molecular weight excluding hydrogens is 1220 g/mol. The van der Waals surface area contributed by atoms with Gasteiger partial charge in [0, 0.05) is 39.3 Å². The van der Waals surface area contributed by atoms with Crippen LogP contribution >= 0.6 is 46.9 Å². The summed E-state index contributed by atoms with van der Waals surface area (Å²) < 4.78 is 52.6. The van der Waals surface area contributed by atoms with E-state index >= 15 is 0 Å². The molecule has 0 unspecified atom stereocenters. The summed E-state index contributed by atoms with van der Waals surface area (Å²) in [6.07, 6.45) is 0. The van der Waals surface area contributed by atoms with Crippen LogP contribution in [0.2, 0.25) is 0 Å². The van der Waals surface area contributed by atoms with Gasteiger partial charge in [-0.25, -0.2) is 0 Å². The number of phosphoric acid groups is 6. The Bertz CT molecular complexity index is 1730. The number of nitrogens with two attached hydrogens (primary N) is 6. The minimum absolute atomic E-state index is 0. The van der Waals surface area contributed by atoms with E-state index in [1.807, 2.05) is 0 Å². The maximum Gasteiger partial charge on any atom is 0.262 e. The maximum atomic E-state index is 8.77. The summed E-state index contributed by atoms with van der Waals surface area (Å²) in [5, 5.41) is 37.9.